The zero-order valence-electron chi connectivity index (χ0n) is 28.7. The third kappa shape index (κ3) is 5.64. The fraction of sp³-hybridized carbons (Fsp3) is 0.415. The predicted octanol–water partition coefficient (Wildman–Crippen LogP) is 10.0. The number of hydrogen-bond donors (Lipinski definition) is 0. The van der Waals surface area contributed by atoms with Crippen LogP contribution < -0.4 is 11.1 Å². The van der Waals surface area contributed by atoms with Gasteiger partial charge in [0.15, 0.2) is 0 Å². The average molecular weight is 662 g/mol. The van der Waals surface area contributed by atoms with Crippen molar-refractivity contribution in [3.63, 3.8) is 0 Å². The van der Waals surface area contributed by atoms with Gasteiger partial charge in [0.25, 0.3) is 11.1 Å². The Hall–Kier alpha value is -3.62. The van der Waals surface area contributed by atoms with E-state index in [2.05, 4.69) is 60.7 Å². The lowest BCUT2D eigenvalue weighted by atomic mass is 9.84. The smallest absolute Gasteiger partial charge is 0.374 e. The highest BCUT2D eigenvalue weighted by molar-refractivity contribution is 6.60. The molecule has 0 unspecified atom stereocenters. The molecule has 0 N–H and O–H groups in total. The minimum absolute atomic E-state index is 0.141. The predicted molar refractivity (Wildman–Crippen MR) is 203 cm³/mol. The number of fused-ring (bicyclic) bond motifs is 4. The van der Waals surface area contributed by atoms with E-state index in [-0.39, 0.29) is 11.1 Å². The van der Waals surface area contributed by atoms with Gasteiger partial charge in [-0.2, -0.15) is 0 Å². The fourth-order valence-corrected chi connectivity index (χ4v) is 11.0. The molecule has 0 bridgehead atoms. The first-order chi connectivity index (χ1) is 23.5. The van der Waals surface area contributed by atoms with Crippen LogP contribution >= 0.6 is 0 Å². The second kappa shape index (κ2) is 14.1. The van der Waals surface area contributed by atoms with Crippen LogP contribution in [0.1, 0.15) is 78.6 Å². The Morgan fingerprint density at radius 1 is 0.479 bits per heavy atom. The molecule has 0 atom stereocenters. The summed E-state index contributed by atoms with van der Waals surface area (Å²) in [5.74, 6) is 0. The van der Waals surface area contributed by atoms with Crippen molar-refractivity contribution in [3.8, 4) is 0 Å². The van der Waals surface area contributed by atoms with E-state index in [4.69, 9.17) is 13.3 Å². The van der Waals surface area contributed by atoms with Gasteiger partial charge in [0, 0.05) is 32.4 Å². The summed E-state index contributed by atoms with van der Waals surface area (Å²) >= 11 is 0. The van der Waals surface area contributed by atoms with Gasteiger partial charge in [-0.3, -0.25) is 14.2 Å². The standard InChI is InChI=1S/C41H47NO5Si/c1-4-45-48(46-5-2,47-6-3)27-15-13-11-9-7-8-10-12-14-26-42-40(43)38-32-24-22-28-18-16-20-30-31-21-17-19-29-23-25-33(39(38)41(42)44)37(35(29)31)36(32)34(28)30/h16-25H,4-15,26-27H2,1-3H3. The Morgan fingerprint density at radius 2 is 0.917 bits per heavy atom. The van der Waals surface area contributed by atoms with Crippen LogP contribution in [0.2, 0.25) is 6.04 Å². The van der Waals surface area contributed by atoms with Gasteiger partial charge in [-0.15, -0.1) is 0 Å². The molecule has 0 fully saturated rings. The zero-order valence-corrected chi connectivity index (χ0v) is 29.7. The third-order valence-electron chi connectivity index (χ3n) is 10.3. The first-order valence-corrected chi connectivity index (χ1v) is 20.1. The zero-order chi connectivity index (χ0) is 33.3. The summed E-state index contributed by atoms with van der Waals surface area (Å²) in [7, 11) is -2.53. The summed E-state index contributed by atoms with van der Waals surface area (Å²) in [6.07, 6.45) is 10.0. The van der Waals surface area contributed by atoms with Crippen LogP contribution in [0.4, 0.5) is 0 Å². The number of aromatic nitrogens is 1. The minimum atomic E-state index is -2.53. The molecule has 250 valence electrons. The summed E-state index contributed by atoms with van der Waals surface area (Å²) in [6, 6.07) is 22.1. The van der Waals surface area contributed by atoms with Crippen LogP contribution in [0.25, 0.3) is 64.6 Å². The van der Waals surface area contributed by atoms with Gasteiger partial charge >= 0.3 is 8.80 Å². The van der Waals surface area contributed by atoms with Gasteiger partial charge in [-0.25, -0.2) is 0 Å². The second-order valence-corrected chi connectivity index (χ2v) is 15.9. The highest BCUT2D eigenvalue weighted by atomic mass is 28.4. The molecule has 48 heavy (non-hydrogen) atoms. The summed E-state index contributed by atoms with van der Waals surface area (Å²) in [5.41, 5.74) is -0.282. The van der Waals surface area contributed by atoms with E-state index in [1.54, 1.807) is 0 Å². The van der Waals surface area contributed by atoms with Crippen molar-refractivity contribution in [3.05, 3.63) is 81.4 Å². The molecular formula is C41H47NO5Si. The van der Waals surface area contributed by atoms with Crippen LogP contribution in [0.3, 0.4) is 0 Å². The normalized spacial score (nSPS) is 12.8. The second-order valence-electron chi connectivity index (χ2n) is 13.2. The van der Waals surface area contributed by atoms with Crippen molar-refractivity contribution < 1.29 is 13.3 Å². The topological polar surface area (TPSA) is 66.8 Å². The van der Waals surface area contributed by atoms with Gasteiger partial charge in [0.05, 0.1) is 10.8 Å². The summed E-state index contributed by atoms with van der Waals surface area (Å²) in [5, 5.41) is 12.3. The highest BCUT2D eigenvalue weighted by Crippen LogP contribution is 2.46. The highest BCUT2D eigenvalue weighted by Gasteiger charge is 2.39. The average Bonchev–Trinajstić information content (AvgIpc) is 3.35. The van der Waals surface area contributed by atoms with E-state index in [1.807, 2.05) is 20.8 Å². The molecular weight excluding hydrogens is 615 g/mol. The Labute approximate surface area is 283 Å². The molecule has 0 aliphatic rings. The van der Waals surface area contributed by atoms with Crippen molar-refractivity contribution in [1.82, 2.24) is 4.57 Å². The maximum Gasteiger partial charge on any atom is 0.500 e. The molecule has 0 saturated carbocycles. The number of hydrogen-bond acceptors (Lipinski definition) is 5. The number of benzene rings is 6. The molecule has 7 heteroatoms. The summed E-state index contributed by atoms with van der Waals surface area (Å²) < 4.78 is 19.5. The molecule has 0 aliphatic heterocycles. The molecule has 0 amide bonds. The Morgan fingerprint density at radius 3 is 1.38 bits per heavy atom. The Balaban J connectivity index is 1.02. The lowest BCUT2D eigenvalue weighted by Crippen LogP contribution is -2.45. The van der Waals surface area contributed by atoms with E-state index in [1.165, 1.54) is 58.2 Å². The lowest BCUT2D eigenvalue weighted by molar-refractivity contribution is 0.0706. The van der Waals surface area contributed by atoms with Crippen molar-refractivity contribution in [2.75, 3.05) is 19.8 Å². The van der Waals surface area contributed by atoms with Crippen LogP contribution in [0, 0.1) is 0 Å². The van der Waals surface area contributed by atoms with Crippen LogP contribution in [-0.2, 0) is 19.8 Å². The molecule has 6 aromatic carbocycles. The molecule has 0 radical (unpaired) electrons. The van der Waals surface area contributed by atoms with Crippen LogP contribution in [0.5, 0.6) is 0 Å². The maximum absolute atomic E-state index is 14.0. The molecule has 7 rings (SSSR count). The molecule has 6 nitrogen and oxygen atoms in total. The van der Waals surface area contributed by atoms with Crippen molar-refractivity contribution in [1.29, 1.82) is 0 Å². The summed E-state index contributed by atoms with van der Waals surface area (Å²) in [4.78, 5) is 28.0. The first-order valence-electron chi connectivity index (χ1n) is 18.2. The Kier molecular flexibility index (Phi) is 9.65. The van der Waals surface area contributed by atoms with Crippen molar-refractivity contribution in [2.24, 2.45) is 0 Å². The molecule has 0 spiro atoms. The number of nitrogens with zero attached hydrogens (tertiary/aromatic N) is 1. The maximum atomic E-state index is 14.0. The van der Waals surface area contributed by atoms with E-state index in [0.29, 0.717) is 37.1 Å². The number of rotatable bonds is 18. The van der Waals surface area contributed by atoms with Gasteiger partial charge in [-0.1, -0.05) is 106 Å². The fourth-order valence-electron chi connectivity index (χ4n) is 8.27. The van der Waals surface area contributed by atoms with Crippen LogP contribution in [0.15, 0.2) is 70.3 Å². The molecule has 0 saturated heterocycles. The molecule has 0 aliphatic carbocycles. The van der Waals surface area contributed by atoms with Gasteiger partial charge in [-0.05, 0) is 87.5 Å². The third-order valence-corrected chi connectivity index (χ3v) is 13.4. The molecule has 7 aromatic rings. The molecule has 1 aromatic heterocycles. The first kappa shape index (κ1) is 32.9. The quantitative estimate of drug-likeness (QED) is 0.0396. The molecule has 1 heterocycles. The van der Waals surface area contributed by atoms with E-state index in [9.17, 15) is 9.59 Å². The van der Waals surface area contributed by atoms with E-state index >= 15 is 0 Å². The SMILES string of the molecule is CCO[Si](CCCCCCCCCCCn1c(=O)c2c3ccc4cccc5c6cccc7ccc(c2c1=O)c(c76)c3c45)(OCC)OCC. The Bertz CT molecular complexity index is 2120. The lowest BCUT2D eigenvalue weighted by Gasteiger charge is -2.28. The van der Waals surface area contributed by atoms with Crippen molar-refractivity contribution >= 4 is 73.4 Å². The van der Waals surface area contributed by atoms with Gasteiger partial charge in [0.2, 0.25) is 0 Å². The summed E-state index contributed by atoms with van der Waals surface area (Å²) in [6.45, 7) is 8.38. The largest absolute Gasteiger partial charge is 0.500 e. The number of unbranched alkanes of at least 4 members (excludes halogenated alkanes) is 8. The van der Waals surface area contributed by atoms with E-state index < -0.39 is 8.80 Å². The monoisotopic (exact) mass is 661 g/mol. The minimum Gasteiger partial charge on any atom is -0.374 e. The van der Waals surface area contributed by atoms with Gasteiger partial charge in [0.1, 0.15) is 0 Å². The van der Waals surface area contributed by atoms with E-state index in [0.717, 1.165) is 64.0 Å². The van der Waals surface area contributed by atoms with Crippen molar-refractivity contribution in [2.45, 2.75) is 91.1 Å². The van der Waals surface area contributed by atoms with Crippen LogP contribution in [-0.4, -0.2) is 33.2 Å². The van der Waals surface area contributed by atoms with Gasteiger partial charge < -0.3 is 13.3 Å².